The van der Waals surface area contributed by atoms with Gasteiger partial charge in [0.15, 0.2) is 73.4 Å². The molecule has 0 saturated heterocycles. The Bertz CT molecular complexity index is 3940. The van der Waals surface area contributed by atoms with Crippen molar-refractivity contribution in [3.8, 4) is 0 Å². The van der Waals surface area contributed by atoms with Gasteiger partial charge in [-0.2, -0.15) is 0 Å². The van der Waals surface area contributed by atoms with Crippen LogP contribution >= 0.6 is 23.5 Å². The van der Waals surface area contributed by atoms with Crippen LogP contribution in [0.25, 0.3) is 0 Å². The summed E-state index contributed by atoms with van der Waals surface area (Å²) < 4.78 is 34.7. The predicted octanol–water partition coefficient (Wildman–Crippen LogP) is 20.1. The van der Waals surface area contributed by atoms with Crippen molar-refractivity contribution in [2.24, 2.45) is 0 Å². The summed E-state index contributed by atoms with van der Waals surface area (Å²) in [4.78, 5) is 69.1. The van der Waals surface area contributed by atoms with Gasteiger partial charge in [0.2, 0.25) is 0 Å². The highest BCUT2D eigenvalue weighted by atomic mass is 32.2. The van der Waals surface area contributed by atoms with Gasteiger partial charge in [-0.25, -0.2) is 0 Å². The van der Waals surface area contributed by atoms with Crippen molar-refractivity contribution in [1.29, 1.82) is 0 Å². The zero-order valence-corrected chi connectivity index (χ0v) is 65.0. The summed E-state index contributed by atoms with van der Waals surface area (Å²) in [5.74, 6) is 0. The second-order valence-electron chi connectivity index (χ2n) is 22.7. The maximum Gasteiger partial charge on any atom is 0.275 e. The summed E-state index contributed by atoms with van der Waals surface area (Å²) >= 11 is 0. The molecule has 0 aliphatic heterocycles. The van der Waals surface area contributed by atoms with E-state index in [-0.39, 0.29) is 54.5 Å². The Balaban J connectivity index is 0.000000139. The molecule has 0 atom stereocenters. The highest BCUT2D eigenvalue weighted by Crippen LogP contribution is 2.57. The van der Waals surface area contributed by atoms with Gasteiger partial charge in [-0.15, -0.1) is 0 Å². The predicted molar refractivity (Wildman–Crippen MR) is 432 cm³/mol. The summed E-state index contributed by atoms with van der Waals surface area (Å²) in [5.41, 5.74) is 0. The zero-order valence-electron chi connectivity index (χ0n) is 58.3. The van der Waals surface area contributed by atoms with Crippen LogP contribution in [0.2, 0.25) is 0 Å². The average Bonchev–Trinajstić information content (AvgIpc) is 0.846. The minimum Gasteiger partial charge on any atom is -0.790 e. The van der Waals surface area contributed by atoms with E-state index in [1.54, 1.807) is 0 Å². The Labute approximate surface area is 648 Å². The molecule has 0 bridgehead atoms. The van der Waals surface area contributed by atoms with Crippen LogP contribution in [0, 0.1) is 0 Å². The molecule has 15 aromatic rings. The van der Waals surface area contributed by atoms with Crippen molar-refractivity contribution in [3.63, 3.8) is 0 Å². The fraction of sp³-hybridized carbons (Fsp3) is 0. The fourth-order valence-corrected chi connectivity index (χ4v) is 23.5. The molecule has 0 spiro atoms. The van der Waals surface area contributed by atoms with Crippen LogP contribution in [-0.2, 0) is 76.8 Å². The zero-order chi connectivity index (χ0) is 75.5. The molecule has 0 heterocycles. The number of benzene rings is 15. The molecule has 0 aliphatic carbocycles. The third kappa shape index (κ3) is 26.4. The molecule has 18 heteroatoms. The third-order valence-corrected chi connectivity index (χ3v) is 29.4. The second kappa shape index (κ2) is 42.9. The highest BCUT2D eigenvalue weighted by molar-refractivity contribution is 7.98. The maximum absolute atomic E-state index is 10.1. The van der Waals surface area contributed by atoms with Crippen molar-refractivity contribution in [3.05, 3.63) is 455 Å². The highest BCUT2D eigenvalue weighted by Gasteiger charge is 2.32. The molecule has 15 aromatic carbocycles. The average molecular weight is 1570 g/mol. The molecule has 0 aliphatic rings. The van der Waals surface area contributed by atoms with E-state index in [4.69, 9.17) is 0 Å². The lowest BCUT2D eigenvalue weighted by Crippen LogP contribution is -2.22. The molecule has 15 rings (SSSR count). The second-order valence-corrected chi connectivity index (χ2v) is 36.9. The van der Waals surface area contributed by atoms with Gasteiger partial charge in [-0.3, -0.25) is 13.2 Å². The van der Waals surface area contributed by atoms with Crippen LogP contribution in [0.15, 0.2) is 528 Å². The lowest BCUT2D eigenvalue weighted by molar-refractivity contribution is -0.346. The Morgan fingerprint density at radius 3 is 0.287 bits per heavy atom. The Kier molecular flexibility index (Phi) is 32.1. The first-order valence-electron chi connectivity index (χ1n) is 33.9. The molecule has 0 saturated carbocycles. The molecule has 0 aromatic heterocycles. The minimum absolute atomic E-state index is 0.0146. The first-order chi connectivity index (χ1) is 52.7. The Hall–Kier alpha value is -9.54. The van der Waals surface area contributed by atoms with Crippen LogP contribution in [0.3, 0.4) is 0 Å². The number of rotatable bonds is 19. The SMILES string of the molecule is O=P([O-])([O-])OP(=O)([O-])OP(=O)([O-])[O-].c1ccc([S+](c2ccccc2)c2ccccc2)cc1.c1ccc([S+](c2ccccc2)c2ccccc2)cc1.c1ccc([S+](c2ccccc2)c2ccccc2)cc1.c1ccc([S+](c2ccccc2)c2ccccc2)cc1.c1ccc([S+](c2ccccc2)c2ccccc2)cc1. The van der Waals surface area contributed by atoms with Crippen molar-refractivity contribution < 1.29 is 46.8 Å². The van der Waals surface area contributed by atoms with E-state index in [9.17, 15) is 38.2 Å². The summed E-state index contributed by atoms with van der Waals surface area (Å²) in [5, 5.41) is 0. The molecular weight excluding hydrogens is 1490 g/mol. The molecule has 0 N–H and O–H groups in total. The first kappa shape index (κ1) is 81.0. The van der Waals surface area contributed by atoms with Crippen molar-refractivity contribution in [1.82, 2.24) is 0 Å². The molecule has 108 heavy (non-hydrogen) atoms. The van der Waals surface area contributed by atoms with E-state index in [1.807, 2.05) is 0 Å². The summed E-state index contributed by atoms with van der Waals surface area (Å²) in [6, 6.07) is 161. The topological polar surface area (TPSA) is 185 Å². The van der Waals surface area contributed by atoms with Crippen LogP contribution in [0.1, 0.15) is 0 Å². The molecule has 540 valence electrons. The third-order valence-electron chi connectivity index (χ3n) is 15.1. The van der Waals surface area contributed by atoms with Crippen LogP contribution in [0.4, 0.5) is 0 Å². The minimum atomic E-state index is -5.97. The van der Waals surface area contributed by atoms with E-state index < -0.39 is 23.5 Å². The van der Waals surface area contributed by atoms with Gasteiger partial charge in [-0.1, -0.05) is 273 Å². The van der Waals surface area contributed by atoms with E-state index in [2.05, 4.69) is 464 Å². The summed E-state index contributed by atoms with van der Waals surface area (Å²) in [6.45, 7) is 0. The molecule has 0 amide bonds. The van der Waals surface area contributed by atoms with E-state index in [1.165, 1.54) is 73.4 Å². The van der Waals surface area contributed by atoms with Crippen molar-refractivity contribution in [2.45, 2.75) is 73.4 Å². The standard InChI is InChI=1S/5C18H15S.H5O10P3/c5*1-4-10-16(11-5-1)19(17-12-6-2-7-13-17)18-14-8-3-9-15-18;1-11(2,3)9-13(7,8)10-12(4,5)6/h5*1-15H;(H,7,8)(H2,1,2,3)(H2,4,5,6)/q5*+1;/p-5. The summed E-state index contributed by atoms with van der Waals surface area (Å²) in [6.07, 6.45) is 0. The molecule has 0 radical (unpaired) electrons. The van der Waals surface area contributed by atoms with Crippen molar-refractivity contribution in [2.75, 3.05) is 0 Å². The largest absolute Gasteiger partial charge is 0.790 e. The number of hydrogen-bond donors (Lipinski definition) is 0. The smallest absolute Gasteiger partial charge is 0.275 e. The molecule has 0 fully saturated rings. The van der Waals surface area contributed by atoms with Gasteiger partial charge >= 0.3 is 0 Å². The molecule has 0 unspecified atom stereocenters. The monoisotopic (exact) mass is 1570 g/mol. The van der Waals surface area contributed by atoms with Gasteiger partial charge in [0, 0.05) is 0 Å². The van der Waals surface area contributed by atoms with Gasteiger partial charge in [-0.05, 0) is 182 Å². The first-order valence-corrected chi connectivity index (χ1v) is 44.4. The van der Waals surface area contributed by atoms with E-state index >= 15 is 0 Å². The van der Waals surface area contributed by atoms with Gasteiger partial charge in [0.05, 0.1) is 70.1 Å². The van der Waals surface area contributed by atoms with E-state index in [0.29, 0.717) is 0 Å². The quantitative estimate of drug-likeness (QED) is 0.0557. The normalized spacial score (nSPS) is 11.1. The van der Waals surface area contributed by atoms with Crippen LogP contribution in [-0.4, -0.2) is 0 Å². The summed E-state index contributed by atoms with van der Waals surface area (Å²) in [7, 11) is -18.0. The van der Waals surface area contributed by atoms with Crippen LogP contribution in [0.5, 0.6) is 0 Å². The Morgan fingerprint density at radius 1 is 0.148 bits per heavy atom. The van der Waals surface area contributed by atoms with E-state index in [0.717, 1.165) is 0 Å². The number of hydrogen-bond acceptors (Lipinski definition) is 10. The lowest BCUT2D eigenvalue weighted by atomic mass is 10.4. The van der Waals surface area contributed by atoms with Gasteiger partial charge < -0.3 is 33.6 Å². The lowest BCUT2D eigenvalue weighted by Gasteiger charge is -2.40. The maximum atomic E-state index is 10.1. The molecule has 10 nitrogen and oxygen atoms in total. The number of phosphoric acid groups is 3. The van der Waals surface area contributed by atoms with Crippen molar-refractivity contribution >= 4 is 77.9 Å². The Morgan fingerprint density at radius 2 is 0.222 bits per heavy atom. The fourth-order valence-electron chi connectivity index (χ4n) is 10.6. The van der Waals surface area contributed by atoms with Gasteiger partial charge in [0.25, 0.3) is 7.82 Å². The van der Waals surface area contributed by atoms with Gasteiger partial charge in [0.1, 0.15) is 0 Å². The molecular formula is C90H75O10P3S5. The van der Waals surface area contributed by atoms with Crippen LogP contribution < -0.4 is 24.5 Å².